The lowest BCUT2D eigenvalue weighted by atomic mass is 10.1. The summed E-state index contributed by atoms with van der Waals surface area (Å²) >= 11 is 0. The number of anilines is 1. The van der Waals surface area contributed by atoms with Crippen molar-refractivity contribution < 1.29 is 18.7 Å². The van der Waals surface area contributed by atoms with Crippen LogP contribution in [0.2, 0.25) is 0 Å². The van der Waals surface area contributed by atoms with Crippen molar-refractivity contribution in [2.24, 2.45) is 5.73 Å². The fraction of sp³-hybridized carbons (Fsp3) is 0.0435. The minimum atomic E-state index is -0.785. The number of ether oxygens (including phenoxy) is 1. The first-order chi connectivity index (χ1) is 15.5. The number of amides is 2. The Labute approximate surface area is 181 Å². The summed E-state index contributed by atoms with van der Waals surface area (Å²) < 4.78 is 20.7. The predicted molar refractivity (Wildman–Crippen MR) is 116 cm³/mol. The van der Waals surface area contributed by atoms with Crippen LogP contribution >= 0.6 is 0 Å². The van der Waals surface area contributed by atoms with E-state index >= 15 is 0 Å². The van der Waals surface area contributed by atoms with E-state index in [0.717, 1.165) is 11.6 Å². The van der Waals surface area contributed by atoms with Crippen LogP contribution in [0.3, 0.4) is 0 Å². The minimum Gasteiger partial charge on any atom is -0.479 e. The first kappa shape index (κ1) is 20.6. The Morgan fingerprint density at radius 1 is 1.19 bits per heavy atom. The fourth-order valence-electron chi connectivity index (χ4n) is 3.12. The number of imidazole rings is 1. The first-order valence-electron chi connectivity index (χ1n) is 9.38. The lowest BCUT2D eigenvalue weighted by Gasteiger charge is -2.12. The van der Waals surface area contributed by atoms with Crippen molar-refractivity contribution in [1.82, 2.24) is 14.4 Å². The third-order valence-corrected chi connectivity index (χ3v) is 4.54. The van der Waals surface area contributed by atoms with E-state index in [2.05, 4.69) is 21.2 Å². The van der Waals surface area contributed by atoms with Gasteiger partial charge in [-0.25, -0.2) is 14.4 Å². The van der Waals surface area contributed by atoms with Crippen LogP contribution < -0.4 is 15.8 Å². The van der Waals surface area contributed by atoms with Gasteiger partial charge in [0, 0.05) is 6.07 Å². The zero-order chi connectivity index (χ0) is 22.7. The number of carbonyl (C=O) groups is 2. The number of nitrogens with two attached hydrogens (primary N) is 1. The summed E-state index contributed by atoms with van der Waals surface area (Å²) in [4.78, 5) is 33.2. The molecule has 9 heteroatoms. The van der Waals surface area contributed by atoms with E-state index in [9.17, 15) is 14.0 Å². The van der Waals surface area contributed by atoms with Gasteiger partial charge in [0.25, 0.3) is 11.8 Å². The van der Waals surface area contributed by atoms with Crippen LogP contribution in [-0.4, -0.2) is 32.8 Å². The van der Waals surface area contributed by atoms with Crippen molar-refractivity contribution in [3.05, 3.63) is 78.1 Å². The number of hydrogen-bond donors (Lipinski definition) is 2. The topological polar surface area (TPSA) is 112 Å². The van der Waals surface area contributed by atoms with E-state index in [1.165, 1.54) is 24.5 Å². The molecule has 0 spiro atoms. The van der Waals surface area contributed by atoms with Gasteiger partial charge in [0.1, 0.15) is 30.2 Å². The molecule has 0 atom stereocenters. The van der Waals surface area contributed by atoms with Crippen molar-refractivity contribution in [3.8, 4) is 29.4 Å². The van der Waals surface area contributed by atoms with Gasteiger partial charge in [-0.2, -0.15) is 0 Å². The molecule has 0 aliphatic carbocycles. The molecule has 4 aromatic rings. The summed E-state index contributed by atoms with van der Waals surface area (Å²) in [5.74, 6) is 0.490. The first-order valence-corrected chi connectivity index (χ1v) is 9.38. The van der Waals surface area contributed by atoms with Crippen molar-refractivity contribution in [1.29, 1.82) is 0 Å². The van der Waals surface area contributed by atoms with Crippen LogP contribution in [-0.2, 0) is 0 Å². The van der Waals surface area contributed by atoms with E-state index in [1.54, 1.807) is 4.40 Å². The highest BCUT2D eigenvalue weighted by molar-refractivity contribution is 6.05. The van der Waals surface area contributed by atoms with E-state index in [-0.39, 0.29) is 35.1 Å². The molecule has 0 aliphatic heterocycles. The Morgan fingerprint density at radius 3 is 2.69 bits per heavy atom. The molecule has 2 aromatic carbocycles. The Kier molecular flexibility index (Phi) is 5.51. The standard InChI is InChI=1S/C23H16FN5O3/c1-2-10-32-19-9-8-15(24)11-16(19)28-23(31)17-12-18(14-6-4-3-5-7-14)29-13-26-20(21(25)30)22(29)27-17/h1,3-9,11-13H,10H2,(H2,25,30)(H,28,31). The van der Waals surface area contributed by atoms with E-state index in [4.69, 9.17) is 16.9 Å². The Balaban J connectivity index is 1.80. The van der Waals surface area contributed by atoms with Gasteiger partial charge in [0.15, 0.2) is 11.3 Å². The molecule has 3 N–H and O–H groups in total. The number of nitrogens with one attached hydrogen (secondary N) is 1. The number of rotatable bonds is 6. The number of benzene rings is 2. The molecule has 0 unspecified atom stereocenters. The quantitative estimate of drug-likeness (QED) is 0.458. The lowest BCUT2D eigenvalue weighted by molar-refractivity contribution is 0.0993. The van der Waals surface area contributed by atoms with Crippen LogP contribution in [0.1, 0.15) is 21.0 Å². The van der Waals surface area contributed by atoms with E-state index in [1.807, 2.05) is 30.3 Å². The molecule has 0 aliphatic rings. The van der Waals surface area contributed by atoms with Crippen molar-refractivity contribution in [2.75, 3.05) is 11.9 Å². The van der Waals surface area contributed by atoms with Gasteiger partial charge in [-0.3, -0.25) is 14.0 Å². The van der Waals surface area contributed by atoms with Gasteiger partial charge in [-0.15, -0.1) is 6.42 Å². The summed E-state index contributed by atoms with van der Waals surface area (Å²) in [6.07, 6.45) is 6.62. The third-order valence-electron chi connectivity index (χ3n) is 4.54. The second kappa shape index (κ2) is 8.57. The molecule has 4 rings (SSSR count). The zero-order valence-corrected chi connectivity index (χ0v) is 16.6. The smallest absolute Gasteiger partial charge is 0.274 e. The van der Waals surface area contributed by atoms with Crippen molar-refractivity contribution >= 4 is 23.1 Å². The number of hydrogen-bond acceptors (Lipinski definition) is 5. The van der Waals surface area contributed by atoms with Crippen LogP contribution in [0.25, 0.3) is 16.9 Å². The van der Waals surface area contributed by atoms with E-state index in [0.29, 0.717) is 5.69 Å². The molecule has 2 amide bonds. The summed E-state index contributed by atoms with van der Waals surface area (Å²) in [7, 11) is 0. The van der Waals surface area contributed by atoms with Crippen LogP contribution in [0.5, 0.6) is 5.75 Å². The molecule has 8 nitrogen and oxygen atoms in total. The highest BCUT2D eigenvalue weighted by Crippen LogP contribution is 2.27. The Bertz CT molecular complexity index is 1380. The summed E-state index contributed by atoms with van der Waals surface area (Å²) in [5, 5.41) is 2.58. The lowest BCUT2D eigenvalue weighted by Crippen LogP contribution is -2.17. The molecule has 0 fully saturated rings. The molecule has 32 heavy (non-hydrogen) atoms. The molecule has 2 aromatic heterocycles. The third kappa shape index (κ3) is 3.97. The van der Waals surface area contributed by atoms with Crippen LogP contribution in [0, 0.1) is 18.2 Å². The SMILES string of the molecule is C#CCOc1ccc(F)cc1NC(=O)c1cc(-c2ccccc2)n2cnc(C(N)=O)c2n1. The molecule has 0 bridgehead atoms. The minimum absolute atomic E-state index is 0.0356. The highest BCUT2D eigenvalue weighted by atomic mass is 19.1. The number of halogens is 1. The fourth-order valence-corrected chi connectivity index (χ4v) is 3.12. The monoisotopic (exact) mass is 429 g/mol. The second-order valence-electron chi connectivity index (χ2n) is 6.63. The van der Waals surface area contributed by atoms with Gasteiger partial charge in [-0.1, -0.05) is 36.3 Å². The Morgan fingerprint density at radius 2 is 1.97 bits per heavy atom. The number of primary amides is 1. The molecule has 2 heterocycles. The van der Waals surface area contributed by atoms with Crippen molar-refractivity contribution in [2.45, 2.75) is 0 Å². The van der Waals surface area contributed by atoms with Crippen LogP contribution in [0.15, 0.2) is 60.9 Å². The molecule has 0 saturated heterocycles. The summed E-state index contributed by atoms with van der Waals surface area (Å²) in [6.45, 7) is -0.0608. The van der Waals surface area contributed by atoms with Gasteiger partial charge in [0.05, 0.1) is 11.4 Å². The number of nitrogens with zero attached hydrogens (tertiary/aromatic N) is 3. The number of terminal acetylenes is 1. The molecule has 0 radical (unpaired) electrons. The maximum Gasteiger partial charge on any atom is 0.274 e. The average molecular weight is 429 g/mol. The normalized spacial score (nSPS) is 10.5. The number of aromatic nitrogens is 3. The van der Waals surface area contributed by atoms with Crippen LogP contribution in [0.4, 0.5) is 10.1 Å². The largest absolute Gasteiger partial charge is 0.479 e. The summed E-state index contributed by atoms with van der Waals surface area (Å²) in [6, 6.07) is 14.3. The van der Waals surface area contributed by atoms with Gasteiger partial charge < -0.3 is 15.8 Å². The van der Waals surface area contributed by atoms with Crippen molar-refractivity contribution in [3.63, 3.8) is 0 Å². The summed E-state index contributed by atoms with van der Waals surface area (Å²) in [5.41, 5.74) is 6.81. The number of fused-ring (bicyclic) bond motifs is 1. The number of carbonyl (C=O) groups excluding carboxylic acids is 2. The zero-order valence-electron chi connectivity index (χ0n) is 16.6. The Hall–Kier alpha value is -4.71. The predicted octanol–water partition coefficient (Wildman–Crippen LogP) is 2.90. The van der Waals surface area contributed by atoms with Gasteiger partial charge >= 0.3 is 0 Å². The van der Waals surface area contributed by atoms with Gasteiger partial charge in [0.2, 0.25) is 0 Å². The second-order valence-corrected chi connectivity index (χ2v) is 6.63. The van der Waals surface area contributed by atoms with E-state index < -0.39 is 17.6 Å². The highest BCUT2D eigenvalue weighted by Gasteiger charge is 2.20. The molecule has 158 valence electrons. The molecular formula is C23H16FN5O3. The maximum atomic E-state index is 13.8. The molecular weight excluding hydrogens is 413 g/mol. The van der Waals surface area contributed by atoms with Gasteiger partial charge in [-0.05, 0) is 23.8 Å². The maximum absolute atomic E-state index is 13.8. The molecule has 0 saturated carbocycles. The average Bonchev–Trinajstić information content (AvgIpc) is 3.23.